The van der Waals surface area contributed by atoms with E-state index in [4.69, 9.17) is 0 Å². The highest BCUT2D eigenvalue weighted by Gasteiger charge is 2.22. The predicted molar refractivity (Wildman–Crippen MR) is 84.9 cm³/mol. The van der Waals surface area contributed by atoms with Crippen LogP contribution in [0, 0.1) is 5.92 Å². The van der Waals surface area contributed by atoms with Gasteiger partial charge in [-0.05, 0) is 33.1 Å². The predicted octanol–water partition coefficient (Wildman–Crippen LogP) is 4.01. The number of hydrogen-bond donors (Lipinski definition) is 0. The Hall–Kier alpha value is -1.43. The quantitative estimate of drug-likeness (QED) is 0.772. The molecule has 0 saturated carbocycles. The number of rotatable bonds is 3. The van der Waals surface area contributed by atoms with Gasteiger partial charge in [-0.15, -0.1) is 5.10 Å². The van der Waals surface area contributed by atoms with Gasteiger partial charge in [-0.1, -0.05) is 53.8 Å². The second kappa shape index (κ2) is 5.28. The average molecular weight is 363 g/mol. The molecule has 3 rings (SSSR count). The number of nitrogens with zero attached hydrogens (tertiary/aromatic N) is 3. The zero-order valence-corrected chi connectivity index (χ0v) is 12.7. The second-order valence-electron chi connectivity index (χ2n) is 4.65. The molecule has 3 nitrogen and oxygen atoms in total. The minimum Gasteiger partial charge on any atom is -0.248 e. The van der Waals surface area contributed by atoms with E-state index in [1.165, 1.54) is 3.58 Å². The normalized spacial score (nSPS) is 19.5. The van der Waals surface area contributed by atoms with Crippen LogP contribution in [-0.4, -0.2) is 15.0 Å². The van der Waals surface area contributed by atoms with E-state index in [0.717, 1.165) is 11.3 Å². The number of aromatic nitrogens is 3. The number of allylic oxidation sites excluding steroid dienone is 4. The first kappa shape index (κ1) is 12.6. The summed E-state index contributed by atoms with van der Waals surface area (Å²) in [6.45, 7) is 2.18. The Morgan fingerprint density at radius 1 is 1.26 bits per heavy atom. The maximum atomic E-state index is 4.27. The smallest absolute Gasteiger partial charge is 0.113 e. The van der Waals surface area contributed by atoms with Gasteiger partial charge in [0.1, 0.15) is 5.69 Å². The summed E-state index contributed by atoms with van der Waals surface area (Å²) >= 11 is 2.39. The molecule has 1 aromatic carbocycles. The molecular formula is C15H14IN3. The van der Waals surface area contributed by atoms with Crippen LogP contribution in [0.5, 0.6) is 0 Å². The molecular weight excluding hydrogens is 349 g/mol. The monoisotopic (exact) mass is 363 g/mol. The Morgan fingerprint density at radius 3 is 2.74 bits per heavy atom. The summed E-state index contributed by atoms with van der Waals surface area (Å²) in [5, 5.41) is 8.54. The topological polar surface area (TPSA) is 30.7 Å². The van der Waals surface area contributed by atoms with Crippen LogP contribution in [0.1, 0.15) is 13.0 Å². The van der Waals surface area contributed by atoms with Crippen molar-refractivity contribution in [2.45, 2.75) is 13.0 Å². The van der Waals surface area contributed by atoms with E-state index in [2.05, 4.69) is 70.2 Å². The molecule has 0 aliphatic heterocycles. The molecule has 2 atom stereocenters. The van der Waals surface area contributed by atoms with E-state index in [1.807, 2.05) is 29.1 Å². The van der Waals surface area contributed by atoms with E-state index < -0.39 is 0 Å². The van der Waals surface area contributed by atoms with Crippen molar-refractivity contribution in [3.8, 4) is 11.3 Å². The van der Waals surface area contributed by atoms with Crippen LogP contribution in [0.3, 0.4) is 0 Å². The van der Waals surface area contributed by atoms with Crippen molar-refractivity contribution >= 4 is 22.6 Å². The van der Waals surface area contributed by atoms with E-state index >= 15 is 0 Å². The Bertz CT molecular complexity index is 628. The molecule has 1 unspecified atom stereocenters. The second-order valence-corrected chi connectivity index (χ2v) is 5.90. The van der Waals surface area contributed by atoms with Crippen molar-refractivity contribution in [3.05, 3.63) is 58.3 Å². The fraction of sp³-hybridized carbons (Fsp3) is 0.200. The van der Waals surface area contributed by atoms with Crippen LogP contribution < -0.4 is 0 Å². The summed E-state index contributed by atoms with van der Waals surface area (Å²) in [5.74, 6) is 0.408. The van der Waals surface area contributed by atoms with Gasteiger partial charge < -0.3 is 0 Å². The van der Waals surface area contributed by atoms with Gasteiger partial charge in [0.25, 0.3) is 0 Å². The van der Waals surface area contributed by atoms with Crippen LogP contribution in [0.25, 0.3) is 11.3 Å². The lowest BCUT2D eigenvalue weighted by Crippen LogP contribution is -2.14. The molecule has 2 aromatic rings. The zero-order chi connectivity index (χ0) is 13.2. The summed E-state index contributed by atoms with van der Waals surface area (Å²) in [4.78, 5) is 0. The molecule has 0 bridgehead atoms. The van der Waals surface area contributed by atoms with Crippen molar-refractivity contribution in [1.82, 2.24) is 15.0 Å². The third-order valence-electron chi connectivity index (χ3n) is 3.41. The van der Waals surface area contributed by atoms with Gasteiger partial charge in [-0.25, -0.2) is 4.68 Å². The van der Waals surface area contributed by atoms with Gasteiger partial charge in [0.2, 0.25) is 0 Å². The molecule has 1 aromatic heterocycles. The number of hydrogen-bond acceptors (Lipinski definition) is 2. The molecule has 0 fully saturated rings. The van der Waals surface area contributed by atoms with E-state index in [-0.39, 0.29) is 6.04 Å². The number of benzene rings is 1. The van der Waals surface area contributed by atoms with Gasteiger partial charge >= 0.3 is 0 Å². The van der Waals surface area contributed by atoms with Crippen molar-refractivity contribution in [2.75, 3.05) is 0 Å². The van der Waals surface area contributed by atoms with Crippen LogP contribution in [0.4, 0.5) is 0 Å². The van der Waals surface area contributed by atoms with E-state index in [9.17, 15) is 0 Å². The lowest BCUT2D eigenvalue weighted by molar-refractivity contribution is 0.423. The summed E-state index contributed by atoms with van der Waals surface area (Å²) in [5.41, 5.74) is 2.03. The molecule has 0 amide bonds. The Kier molecular flexibility index (Phi) is 3.50. The largest absolute Gasteiger partial charge is 0.248 e. The van der Waals surface area contributed by atoms with Gasteiger partial charge in [0.05, 0.1) is 12.2 Å². The standard InChI is InChI=1S/C15H14IN3/c1-11(13-8-5-9-14(13)16)19-10-15(17-18-19)12-6-3-2-4-7-12/h2-11,13H,1H3/t11-,13?/m0/s1. The Labute approximate surface area is 126 Å². The van der Waals surface area contributed by atoms with Crippen LogP contribution in [-0.2, 0) is 0 Å². The molecule has 96 valence electrons. The molecule has 19 heavy (non-hydrogen) atoms. The molecule has 0 saturated heterocycles. The lowest BCUT2D eigenvalue weighted by Gasteiger charge is -2.18. The fourth-order valence-electron chi connectivity index (χ4n) is 2.24. The summed E-state index contributed by atoms with van der Waals surface area (Å²) in [6.07, 6.45) is 8.50. The first-order chi connectivity index (χ1) is 9.25. The zero-order valence-electron chi connectivity index (χ0n) is 10.6. The first-order valence-corrected chi connectivity index (χ1v) is 7.35. The van der Waals surface area contributed by atoms with Crippen molar-refractivity contribution in [3.63, 3.8) is 0 Å². The first-order valence-electron chi connectivity index (χ1n) is 6.27. The molecule has 1 aliphatic carbocycles. The highest BCUT2D eigenvalue weighted by Crippen LogP contribution is 2.34. The van der Waals surface area contributed by atoms with E-state index in [1.54, 1.807) is 0 Å². The average Bonchev–Trinajstić information content (AvgIpc) is 3.08. The maximum absolute atomic E-state index is 4.27. The molecule has 0 N–H and O–H groups in total. The van der Waals surface area contributed by atoms with Gasteiger partial charge in [-0.2, -0.15) is 0 Å². The Balaban J connectivity index is 1.86. The highest BCUT2D eigenvalue weighted by atomic mass is 127. The highest BCUT2D eigenvalue weighted by molar-refractivity contribution is 14.1. The molecule has 0 spiro atoms. The summed E-state index contributed by atoms with van der Waals surface area (Å²) < 4.78 is 3.30. The molecule has 1 heterocycles. The fourth-order valence-corrected chi connectivity index (χ4v) is 3.18. The lowest BCUT2D eigenvalue weighted by atomic mass is 10.0. The molecule has 4 heteroatoms. The SMILES string of the molecule is C[C@@H](C1C=CC=C1I)n1cc(-c2ccccc2)nn1. The number of halogens is 1. The Morgan fingerprint density at radius 2 is 2.05 bits per heavy atom. The minimum absolute atomic E-state index is 0.284. The third kappa shape index (κ3) is 2.49. The van der Waals surface area contributed by atoms with Crippen molar-refractivity contribution in [2.24, 2.45) is 5.92 Å². The van der Waals surface area contributed by atoms with Crippen molar-refractivity contribution < 1.29 is 0 Å². The summed E-state index contributed by atoms with van der Waals surface area (Å²) in [6, 6.07) is 10.4. The maximum Gasteiger partial charge on any atom is 0.113 e. The van der Waals surface area contributed by atoms with Gasteiger partial charge in [-0.3, -0.25) is 0 Å². The van der Waals surface area contributed by atoms with Gasteiger partial charge in [0, 0.05) is 11.5 Å². The molecule has 0 radical (unpaired) electrons. The van der Waals surface area contributed by atoms with E-state index in [0.29, 0.717) is 5.92 Å². The van der Waals surface area contributed by atoms with Crippen LogP contribution in [0.15, 0.2) is 58.3 Å². The summed E-state index contributed by atoms with van der Waals surface area (Å²) in [7, 11) is 0. The van der Waals surface area contributed by atoms with Crippen molar-refractivity contribution in [1.29, 1.82) is 0 Å². The van der Waals surface area contributed by atoms with Gasteiger partial charge in [0.15, 0.2) is 0 Å². The van der Waals surface area contributed by atoms with Crippen LogP contribution in [0.2, 0.25) is 0 Å². The molecule has 1 aliphatic rings. The third-order valence-corrected chi connectivity index (χ3v) is 4.49. The minimum atomic E-state index is 0.284. The van der Waals surface area contributed by atoms with Crippen LogP contribution >= 0.6 is 22.6 Å².